The van der Waals surface area contributed by atoms with E-state index in [1.807, 2.05) is 24.0 Å². The monoisotopic (exact) mass is 465 g/mol. The lowest BCUT2D eigenvalue weighted by Gasteiger charge is -2.26. The first-order valence-electron chi connectivity index (χ1n) is 11.9. The molecule has 3 amide bonds. The van der Waals surface area contributed by atoms with Crippen LogP contribution in [0.2, 0.25) is 0 Å². The van der Waals surface area contributed by atoms with Gasteiger partial charge in [-0.15, -0.1) is 0 Å². The molecular formula is C26H31N3O5. The first-order chi connectivity index (χ1) is 16.5. The van der Waals surface area contributed by atoms with Gasteiger partial charge in [-0.05, 0) is 75.1 Å². The molecule has 0 bridgehead atoms. The Hall–Kier alpha value is -3.55. The Kier molecular flexibility index (Phi) is 7.67. The predicted molar refractivity (Wildman–Crippen MR) is 130 cm³/mol. The molecule has 8 nitrogen and oxygen atoms in total. The molecule has 2 aliphatic rings. The van der Waals surface area contributed by atoms with Crippen molar-refractivity contribution in [3.8, 4) is 11.5 Å². The van der Waals surface area contributed by atoms with Crippen molar-refractivity contribution in [2.45, 2.75) is 39.0 Å². The maximum Gasteiger partial charge on any atom is 0.260 e. The smallest absolute Gasteiger partial charge is 0.260 e. The van der Waals surface area contributed by atoms with E-state index in [-0.39, 0.29) is 24.3 Å². The lowest BCUT2D eigenvalue weighted by molar-refractivity contribution is -0.134. The molecule has 34 heavy (non-hydrogen) atoms. The van der Waals surface area contributed by atoms with Crippen molar-refractivity contribution in [2.75, 3.05) is 43.1 Å². The minimum Gasteiger partial charge on any atom is -0.490 e. The first-order valence-corrected chi connectivity index (χ1v) is 11.9. The Bertz CT molecular complexity index is 1030. The molecular weight excluding hydrogens is 434 g/mol. The number of anilines is 2. The predicted octanol–water partition coefficient (Wildman–Crippen LogP) is 3.86. The number of piperidine rings is 1. The fourth-order valence-corrected chi connectivity index (χ4v) is 4.26. The van der Waals surface area contributed by atoms with Crippen LogP contribution in [0.5, 0.6) is 11.5 Å². The highest BCUT2D eigenvalue weighted by molar-refractivity contribution is 6.05. The number of carbonyl (C=O) groups is 3. The van der Waals surface area contributed by atoms with Crippen molar-refractivity contribution in [3.05, 3.63) is 48.0 Å². The summed E-state index contributed by atoms with van der Waals surface area (Å²) < 4.78 is 11.4. The molecule has 0 radical (unpaired) electrons. The van der Waals surface area contributed by atoms with Crippen molar-refractivity contribution in [1.29, 1.82) is 0 Å². The van der Waals surface area contributed by atoms with Crippen molar-refractivity contribution < 1.29 is 23.9 Å². The van der Waals surface area contributed by atoms with Gasteiger partial charge in [0.1, 0.15) is 0 Å². The molecule has 2 fully saturated rings. The number of hydrogen-bond acceptors (Lipinski definition) is 5. The molecule has 1 N–H and O–H groups in total. The third-order valence-corrected chi connectivity index (χ3v) is 6.08. The van der Waals surface area contributed by atoms with E-state index >= 15 is 0 Å². The zero-order valence-corrected chi connectivity index (χ0v) is 19.5. The van der Waals surface area contributed by atoms with Gasteiger partial charge in [0.2, 0.25) is 5.91 Å². The van der Waals surface area contributed by atoms with Crippen LogP contribution in [0.1, 0.15) is 49.4 Å². The summed E-state index contributed by atoms with van der Waals surface area (Å²) in [6.07, 6.45) is 4.65. The van der Waals surface area contributed by atoms with Gasteiger partial charge in [0.05, 0.1) is 6.61 Å². The number of carbonyl (C=O) groups excluding carboxylic acids is 3. The average Bonchev–Trinajstić information content (AvgIpc) is 3.30. The third-order valence-electron chi connectivity index (χ3n) is 6.08. The minimum absolute atomic E-state index is 0.0388. The van der Waals surface area contributed by atoms with Crippen LogP contribution >= 0.6 is 0 Å². The molecule has 2 saturated heterocycles. The largest absolute Gasteiger partial charge is 0.490 e. The zero-order chi connectivity index (χ0) is 23.9. The summed E-state index contributed by atoms with van der Waals surface area (Å²) in [6, 6.07) is 12.2. The number of amides is 3. The van der Waals surface area contributed by atoms with Crippen LogP contribution < -0.4 is 19.7 Å². The second-order valence-electron chi connectivity index (χ2n) is 8.47. The molecule has 2 aromatic rings. The normalized spacial score (nSPS) is 15.9. The molecule has 0 saturated carbocycles. The van der Waals surface area contributed by atoms with Crippen LogP contribution in [-0.4, -0.2) is 55.5 Å². The standard InChI is InChI=1S/C26H31N3O5/c1-2-33-23-17-19(8-13-22(23)34-18-25(31)28-14-4-3-5-15-28)26(32)27-20-9-11-21(12-10-20)29-16-6-7-24(29)30/h8-13,17H,2-7,14-16,18H2,1H3,(H,27,32). The van der Waals surface area contributed by atoms with Crippen molar-refractivity contribution in [3.63, 3.8) is 0 Å². The van der Waals surface area contributed by atoms with Gasteiger partial charge in [0.25, 0.3) is 11.8 Å². The second-order valence-corrected chi connectivity index (χ2v) is 8.47. The van der Waals surface area contributed by atoms with Crippen LogP contribution in [0.15, 0.2) is 42.5 Å². The lowest BCUT2D eigenvalue weighted by Crippen LogP contribution is -2.38. The summed E-state index contributed by atoms with van der Waals surface area (Å²) in [5.41, 5.74) is 1.88. The number of nitrogens with zero attached hydrogens (tertiary/aromatic N) is 2. The summed E-state index contributed by atoms with van der Waals surface area (Å²) >= 11 is 0. The van der Waals surface area contributed by atoms with Crippen LogP contribution in [0.3, 0.4) is 0 Å². The maximum atomic E-state index is 12.8. The van der Waals surface area contributed by atoms with Gasteiger partial charge in [-0.3, -0.25) is 14.4 Å². The van der Waals surface area contributed by atoms with Gasteiger partial charge in [-0.1, -0.05) is 0 Å². The van der Waals surface area contributed by atoms with Gasteiger partial charge in [-0.2, -0.15) is 0 Å². The summed E-state index contributed by atoms with van der Waals surface area (Å²) in [6.45, 7) is 4.46. The van der Waals surface area contributed by atoms with Crippen LogP contribution in [0.4, 0.5) is 11.4 Å². The van der Waals surface area contributed by atoms with E-state index in [0.717, 1.165) is 51.0 Å². The minimum atomic E-state index is -0.290. The molecule has 0 atom stereocenters. The molecule has 4 rings (SSSR count). The fourth-order valence-electron chi connectivity index (χ4n) is 4.26. The van der Waals surface area contributed by atoms with Crippen LogP contribution in [0, 0.1) is 0 Å². The Morgan fingerprint density at radius 3 is 2.35 bits per heavy atom. The van der Waals surface area contributed by atoms with Gasteiger partial charge >= 0.3 is 0 Å². The van der Waals surface area contributed by atoms with Gasteiger partial charge in [0.15, 0.2) is 18.1 Å². The Balaban J connectivity index is 1.39. The highest BCUT2D eigenvalue weighted by Gasteiger charge is 2.22. The topological polar surface area (TPSA) is 88.2 Å². The number of likely N-dealkylation sites (tertiary alicyclic amines) is 1. The summed E-state index contributed by atoms with van der Waals surface area (Å²) in [7, 11) is 0. The van der Waals surface area contributed by atoms with E-state index in [4.69, 9.17) is 9.47 Å². The van der Waals surface area contributed by atoms with Crippen molar-refractivity contribution >= 4 is 29.1 Å². The van der Waals surface area contributed by atoms with Crippen molar-refractivity contribution in [1.82, 2.24) is 4.90 Å². The molecule has 0 aliphatic carbocycles. The van der Waals surface area contributed by atoms with E-state index in [1.54, 1.807) is 35.2 Å². The second kappa shape index (κ2) is 11.0. The Labute approximate surface area is 199 Å². The van der Waals surface area contributed by atoms with E-state index in [2.05, 4.69) is 5.32 Å². The van der Waals surface area contributed by atoms with E-state index in [1.165, 1.54) is 0 Å². The highest BCUT2D eigenvalue weighted by Crippen LogP contribution is 2.29. The molecule has 180 valence electrons. The van der Waals surface area contributed by atoms with Gasteiger partial charge < -0.3 is 24.6 Å². The number of benzene rings is 2. The number of rotatable bonds is 8. The van der Waals surface area contributed by atoms with Crippen LogP contribution in [0.25, 0.3) is 0 Å². The average molecular weight is 466 g/mol. The zero-order valence-electron chi connectivity index (χ0n) is 19.5. The first kappa shape index (κ1) is 23.6. The quantitative estimate of drug-likeness (QED) is 0.640. The molecule has 2 aliphatic heterocycles. The van der Waals surface area contributed by atoms with Gasteiger partial charge in [-0.25, -0.2) is 0 Å². The van der Waals surface area contributed by atoms with Crippen LogP contribution in [-0.2, 0) is 9.59 Å². The molecule has 0 spiro atoms. The molecule has 2 aromatic carbocycles. The summed E-state index contributed by atoms with van der Waals surface area (Å²) in [4.78, 5) is 40.7. The summed E-state index contributed by atoms with van der Waals surface area (Å²) in [5, 5.41) is 2.87. The van der Waals surface area contributed by atoms with Gasteiger partial charge in [0, 0.05) is 43.0 Å². The molecule has 0 aromatic heterocycles. The third kappa shape index (κ3) is 5.68. The molecule has 2 heterocycles. The summed E-state index contributed by atoms with van der Waals surface area (Å²) in [5.74, 6) is 0.651. The molecule has 0 unspecified atom stereocenters. The lowest BCUT2D eigenvalue weighted by atomic mass is 10.1. The van der Waals surface area contributed by atoms with E-state index < -0.39 is 0 Å². The maximum absolute atomic E-state index is 12.8. The number of hydrogen-bond donors (Lipinski definition) is 1. The number of ether oxygens (including phenoxy) is 2. The van der Waals surface area contributed by atoms with E-state index in [0.29, 0.717) is 35.8 Å². The number of nitrogens with one attached hydrogen (secondary N) is 1. The Morgan fingerprint density at radius 1 is 0.912 bits per heavy atom. The van der Waals surface area contributed by atoms with Crippen molar-refractivity contribution in [2.24, 2.45) is 0 Å². The SMILES string of the molecule is CCOc1cc(C(=O)Nc2ccc(N3CCCC3=O)cc2)ccc1OCC(=O)N1CCCCC1. The fraction of sp³-hybridized carbons (Fsp3) is 0.423. The Morgan fingerprint density at radius 2 is 1.68 bits per heavy atom. The molecule has 8 heteroatoms. The highest BCUT2D eigenvalue weighted by atomic mass is 16.5. The van der Waals surface area contributed by atoms with E-state index in [9.17, 15) is 14.4 Å².